The van der Waals surface area contributed by atoms with Crippen LogP contribution < -0.4 is 9.47 Å². The van der Waals surface area contributed by atoms with Crippen LogP contribution in [0.15, 0.2) is 48.5 Å². The Morgan fingerprint density at radius 2 is 1.82 bits per heavy atom. The molecule has 1 aliphatic heterocycles. The number of ether oxygens (including phenoxy) is 2. The number of likely N-dealkylation sites (tertiary alicyclic amines) is 1. The van der Waals surface area contributed by atoms with Crippen molar-refractivity contribution in [3.8, 4) is 11.5 Å². The third-order valence-electron chi connectivity index (χ3n) is 4.76. The van der Waals surface area contributed by atoms with E-state index in [1.807, 2.05) is 43.3 Å². The van der Waals surface area contributed by atoms with Crippen LogP contribution in [0, 0.1) is 0 Å². The zero-order chi connectivity index (χ0) is 19.8. The molecule has 1 fully saturated rings. The molecule has 5 heteroatoms. The summed E-state index contributed by atoms with van der Waals surface area (Å²) in [6, 6.07) is 14.7. The van der Waals surface area contributed by atoms with Crippen LogP contribution in [0.5, 0.6) is 11.5 Å². The highest BCUT2D eigenvalue weighted by atomic mass is 16.5. The summed E-state index contributed by atoms with van der Waals surface area (Å²) in [7, 11) is 0. The fourth-order valence-electron chi connectivity index (χ4n) is 3.35. The largest absolute Gasteiger partial charge is 0.490 e. The lowest BCUT2D eigenvalue weighted by Gasteiger charge is -2.17. The molecule has 5 nitrogen and oxygen atoms in total. The Kier molecular flexibility index (Phi) is 7.09. The van der Waals surface area contributed by atoms with Crippen LogP contribution >= 0.6 is 0 Å². The van der Waals surface area contributed by atoms with Crippen molar-refractivity contribution in [1.82, 2.24) is 4.90 Å². The predicted octanol–water partition coefficient (Wildman–Crippen LogP) is 4.19. The van der Waals surface area contributed by atoms with Gasteiger partial charge >= 0.3 is 5.97 Å². The molecule has 0 aliphatic carbocycles. The van der Waals surface area contributed by atoms with Gasteiger partial charge in [-0.1, -0.05) is 36.4 Å². The maximum Gasteiger partial charge on any atom is 0.336 e. The zero-order valence-electron chi connectivity index (χ0n) is 16.3. The maximum absolute atomic E-state index is 11.7. The lowest BCUT2D eigenvalue weighted by Crippen LogP contribution is -2.25. The molecular weight excluding hydrogens is 354 g/mol. The molecule has 3 rings (SSSR count). The average Bonchev–Trinajstić information content (AvgIpc) is 3.22. The predicted molar refractivity (Wildman–Crippen MR) is 111 cm³/mol. The molecule has 0 atom stereocenters. The van der Waals surface area contributed by atoms with Gasteiger partial charge in [-0.15, -0.1) is 0 Å². The summed E-state index contributed by atoms with van der Waals surface area (Å²) in [6.07, 6.45) is 4.19. The Morgan fingerprint density at radius 3 is 2.50 bits per heavy atom. The monoisotopic (exact) mass is 381 g/mol. The first-order valence-corrected chi connectivity index (χ1v) is 9.80. The van der Waals surface area contributed by atoms with Crippen LogP contribution in [-0.2, 0) is 4.79 Å². The minimum atomic E-state index is -0.963. The molecule has 1 heterocycles. The van der Waals surface area contributed by atoms with Gasteiger partial charge in [0.15, 0.2) is 11.5 Å². The van der Waals surface area contributed by atoms with Gasteiger partial charge in [0.2, 0.25) is 0 Å². The molecule has 1 aliphatic rings. The Bertz CT molecular complexity index is 811. The summed E-state index contributed by atoms with van der Waals surface area (Å²) in [4.78, 5) is 14.1. The van der Waals surface area contributed by atoms with Crippen LogP contribution in [-0.4, -0.2) is 48.8 Å². The second-order valence-corrected chi connectivity index (χ2v) is 6.77. The van der Waals surface area contributed by atoms with Gasteiger partial charge in [0.1, 0.15) is 6.61 Å². The molecule has 0 radical (unpaired) electrons. The van der Waals surface area contributed by atoms with E-state index < -0.39 is 5.97 Å². The quantitative estimate of drug-likeness (QED) is 0.521. The number of aliphatic carboxylic acids is 1. The zero-order valence-corrected chi connectivity index (χ0v) is 16.3. The molecule has 2 aromatic carbocycles. The Balaban J connectivity index is 1.77. The van der Waals surface area contributed by atoms with Crippen molar-refractivity contribution >= 4 is 17.6 Å². The van der Waals surface area contributed by atoms with Gasteiger partial charge in [0.25, 0.3) is 0 Å². The molecule has 0 aromatic heterocycles. The van der Waals surface area contributed by atoms with E-state index >= 15 is 0 Å². The number of benzene rings is 2. The van der Waals surface area contributed by atoms with Crippen molar-refractivity contribution in [3.63, 3.8) is 0 Å². The van der Waals surface area contributed by atoms with E-state index in [2.05, 4.69) is 4.90 Å². The number of hydrogen-bond donors (Lipinski definition) is 1. The van der Waals surface area contributed by atoms with E-state index in [1.165, 1.54) is 12.8 Å². The van der Waals surface area contributed by atoms with Gasteiger partial charge in [0.05, 0.1) is 12.2 Å². The SMILES string of the molecule is CCOc1cc(/C=C(\C(=O)O)c2ccccc2)ccc1OCCN1CCCC1. The van der Waals surface area contributed by atoms with Gasteiger partial charge in [-0.2, -0.15) is 0 Å². The van der Waals surface area contributed by atoms with Gasteiger partial charge in [-0.05, 0) is 62.2 Å². The van der Waals surface area contributed by atoms with E-state index in [4.69, 9.17) is 9.47 Å². The van der Waals surface area contributed by atoms with Crippen molar-refractivity contribution in [3.05, 3.63) is 59.7 Å². The summed E-state index contributed by atoms with van der Waals surface area (Å²) in [6.45, 7) is 6.24. The van der Waals surface area contributed by atoms with Crippen LogP contribution in [0.4, 0.5) is 0 Å². The van der Waals surface area contributed by atoms with Crippen molar-refractivity contribution in [1.29, 1.82) is 0 Å². The summed E-state index contributed by atoms with van der Waals surface area (Å²) in [5, 5.41) is 9.61. The second-order valence-electron chi connectivity index (χ2n) is 6.77. The highest BCUT2D eigenvalue weighted by Gasteiger charge is 2.13. The van der Waals surface area contributed by atoms with Gasteiger partial charge < -0.3 is 14.6 Å². The van der Waals surface area contributed by atoms with Crippen LogP contribution in [0.1, 0.15) is 30.9 Å². The third-order valence-corrected chi connectivity index (χ3v) is 4.76. The molecule has 1 N–H and O–H groups in total. The first-order valence-electron chi connectivity index (χ1n) is 9.80. The van der Waals surface area contributed by atoms with Gasteiger partial charge in [-0.3, -0.25) is 4.90 Å². The van der Waals surface area contributed by atoms with Crippen molar-refractivity contribution in [2.45, 2.75) is 19.8 Å². The topological polar surface area (TPSA) is 59.0 Å². The second kappa shape index (κ2) is 9.95. The standard InChI is InChI=1S/C23H27NO4/c1-2-27-22-17-18(16-20(23(25)26)19-8-4-3-5-9-19)10-11-21(22)28-15-14-24-12-6-7-13-24/h3-5,8-11,16-17H,2,6-7,12-15H2,1H3,(H,25,26)/b20-16-. The number of rotatable bonds is 9. The molecule has 2 aromatic rings. The number of carboxylic acid groups (broad SMARTS) is 1. The van der Waals surface area contributed by atoms with Crippen molar-refractivity contribution < 1.29 is 19.4 Å². The van der Waals surface area contributed by atoms with E-state index in [0.717, 1.165) is 25.2 Å². The van der Waals surface area contributed by atoms with Gasteiger partial charge in [-0.25, -0.2) is 4.79 Å². The summed E-state index contributed by atoms with van der Waals surface area (Å²) < 4.78 is 11.7. The molecule has 28 heavy (non-hydrogen) atoms. The van der Waals surface area contributed by atoms with E-state index in [0.29, 0.717) is 30.3 Å². The number of nitrogens with zero attached hydrogens (tertiary/aromatic N) is 1. The molecule has 1 saturated heterocycles. The normalized spacial score (nSPS) is 14.8. The van der Waals surface area contributed by atoms with Crippen LogP contribution in [0.3, 0.4) is 0 Å². The smallest absolute Gasteiger partial charge is 0.336 e. The van der Waals surface area contributed by atoms with E-state index in [9.17, 15) is 9.90 Å². The lowest BCUT2D eigenvalue weighted by molar-refractivity contribution is -0.130. The number of carboxylic acids is 1. The molecule has 0 spiro atoms. The molecule has 0 unspecified atom stereocenters. The summed E-state index contributed by atoms with van der Waals surface area (Å²) in [5.74, 6) is 0.361. The highest BCUT2D eigenvalue weighted by Crippen LogP contribution is 2.30. The molecule has 148 valence electrons. The number of hydrogen-bond acceptors (Lipinski definition) is 4. The fraction of sp³-hybridized carbons (Fsp3) is 0.348. The Hall–Kier alpha value is -2.79. The van der Waals surface area contributed by atoms with Crippen LogP contribution in [0.2, 0.25) is 0 Å². The lowest BCUT2D eigenvalue weighted by atomic mass is 10.0. The first kappa shape index (κ1) is 20.0. The summed E-state index contributed by atoms with van der Waals surface area (Å²) in [5.41, 5.74) is 1.67. The fourth-order valence-corrected chi connectivity index (χ4v) is 3.35. The number of carbonyl (C=O) groups is 1. The van der Waals surface area contributed by atoms with Crippen LogP contribution in [0.25, 0.3) is 11.6 Å². The summed E-state index contributed by atoms with van der Waals surface area (Å²) >= 11 is 0. The minimum Gasteiger partial charge on any atom is -0.490 e. The van der Waals surface area contributed by atoms with Gasteiger partial charge in [0, 0.05) is 6.54 Å². The maximum atomic E-state index is 11.7. The molecule has 0 amide bonds. The Labute approximate surface area is 166 Å². The van der Waals surface area contributed by atoms with Crippen molar-refractivity contribution in [2.75, 3.05) is 32.8 Å². The molecule has 0 saturated carbocycles. The first-order chi connectivity index (χ1) is 13.7. The van der Waals surface area contributed by atoms with E-state index in [1.54, 1.807) is 18.2 Å². The molecular formula is C23H27NO4. The minimum absolute atomic E-state index is 0.241. The third kappa shape index (κ3) is 5.36. The van der Waals surface area contributed by atoms with Crippen molar-refractivity contribution in [2.24, 2.45) is 0 Å². The highest BCUT2D eigenvalue weighted by molar-refractivity contribution is 6.20. The van der Waals surface area contributed by atoms with E-state index in [-0.39, 0.29) is 5.57 Å². The Morgan fingerprint density at radius 1 is 1.07 bits per heavy atom. The average molecular weight is 381 g/mol. The molecule has 0 bridgehead atoms.